The SMILES string of the molecule is Cc1ccccc1Nc1nc(Nc2ccccc2C)nc(N2CCOCC2)n1. The van der Waals surface area contributed by atoms with Crippen LogP contribution in [0.3, 0.4) is 0 Å². The molecule has 0 atom stereocenters. The molecule has 2 heterocycles. The lowest BCUT2D eigenvalue weighted by atomic mass is 10.2. The van der Waals surface area contributed by atoms with Gasteiger partial charge in [-0.25, -0.2) is 0 Å². The number of nitrogens with one attached hydrogen (secondary N) is 2. The molecule has 1 aliphatic heterocycles. The van der Waals surface area contributed by atoms with E-state index < -0.39 is 0 Å². The molecule has 0 aliphatic carbocycles. The van der Waals surface area contributed by atoms with E-state index in [0.29, 0.717) is 31.1 Å². The maximum atomic E-state index is 5.46. The van der Waals surface area contributed by atoms with Crippen LogP contribution in [-0.2, 0) is 4.74 Å². The number of aryl methyl sites for hydroxylation is 2. The molecule has 0 radical (unpaired) electrons. The van der Waals surface area contributed by atoms with E-state index in [1.807, 2.05) is 36.4 Å². The molecule has 0 unspecified atom stereocenters. The molecule has 0 spiro atoms. The molecule has 1 aliphatic rings. The first-order chi connectivity index (χ1) is 13.7. The van der Waals surface area contributed by atoms with E-state index in [1.165, 1.54) is 0 Å². The van der Waals surface area contributed by atoms with Gasteiger partial charge in [-0.3, -0.25) is 0 Å². The Morgan fingerprint density at radius 1 is 0.750 bits per heavy atom. The van der Waals surface area contributed by atoms with Gasteiger partial charge in [0.25, 0.3) is 0 Å². The van der Waals surface area contributed by atoms with Crippen molar-refractivity contribution in [3.05, 3.63) is 59.7 Å². The molecule has 4 rings (SSSR count). The Morgan fingerprint density at radius 3 is 1.75 bits per heavy atom. The van der Waals surface area contributed by atoms with Crippen molar-refractivity contribution >= 4 is 29.2 Å². The van der Waals surface area contributed by atoms with Crippen LogP contribution >= 0.6 is 0 Å². The van der Waals surface area contributed by atoms with Gasteiger partial charge >= 0.3 is 0 Å². The third-order valence-corrected chi connectivity index (χ3v) is 4.70. The second kappa shape index (κ2) is 8.22. The summed E-state index contributed by atoms with van der Waals surface area (Å²) in [5.74, 6) is 1.68. The quantitative estimate of drug-likeness (QED) is 0.701. The minimum absolute atomic E-state index is 0.516. The fourth-order valence-electron chi connectivity index (χ4n) is 3.05. The maximum Gasteiger partial charge on any atom is 0.233 e. The molecular weight excluding hydrogens is 352 g/mol. The molecule has 7 heteroatoms. The van der Waals surface area contributed by atoms with Crippen LogP contribution in [0.25, 0.3) is 0 Å². The smallest absolute Gasteiger partial charge is 0.233 e. The van der Waals surface area contributed by atoms with E-state index in [0.717, 1.165) is 35.6 Å². The third-order valence-electron chi connectivity index (χ3n) is 4.70. The van der Waals surface area contributed by atoms with Crippen molar-refractivity contribution in [2.75, 3.05) is 41.8 Å². The number of morpholine rings is 1. The lowest BCUT2D eigenvalue weighted by Crippen LogP contribution is -2.37. The van der Waals surface area contributed by atoms with Crippen LogP contribution in [0.15, 0.2) is 48.5 Å². The average molecular weight is 376 g/mol. The monoisotopic (exact) mass is 376 g/mol. The highest BCUT2D eigenvalue weighted by Crippen LogP contribution is 2.23. The first kappa shape index (κ1) is 18.2. The fourth-order valence-corrected chi connectivity index (χ4v) is 3.05. The zero-order valence-corrected chi connectivity index (χ0v) is 16.1. The highest BCUT2D eigenvalue weighted by Gasteiger charge is 2.17. The predicted molar refractivity (Wildman–Crippen MR) is 112 cm³/mol. The third kappa shape index (κ3) is 4.20. The van der Waals surface area contributed by atoms with Gasteiger partial charge in [0.15, 0.2) is 0 Å². The average Bonchev–Trinajstić information content (AvgIpc) is 2.72. The van der Waals surface area contributed by atoms with Gasteiger partial charge in [0, 0.05) is 24.5 Å². The summed E-state index contributed by atoms with van der Waals surface area (Å²) in [7, 11) is 0. The van der Waals surface area contributed by atoms with Crippen molar-refractivity contribution < 1.29 is 4.74 Å². The molecule has 0 amide bonds. The second-order valence-corrected chi connectivity index (χ2v) is 6.76. The molecule has 0 bridgehead atoms. The molecular formula is C21H24N6O. The van der Waals surface area contributed by atoms with Gasteiger partial charge < -0.3 is 20.3 Å². The topological polar surface area (TPSA) is 75.2 Å². The molecule has 1 saturated heterocycles. The number of benzene rings is 2. The molecule has 0 saturated carbocycles. The van der Waals surface area contributed by atoms with Gasteiger partial charge in [0.1, 0.15) is 0 Å². The lowest BCUT2D eigenvalue weighted by molar-refractivity contribution is 0.122. The zero-order chi connectivity index (χ0) is 19.3. The Hall–Kier alpha value is -3.19. The van der Waals surface area contributed by atoms with Gasteiger partial charge in [0.05, 0.1) is 13.2 Å². The molecule has 3 aromatic rings. The van der Waals surface area contributed by atoms with Gasteiger partial charge in [0.2, 0.25) is 17.8 Å². The molecule has 7 nitrogen and oxygen atoms in total. The van der Waals surface area contributed by atoms with Crippen molar-refractivity contribution in [2.24, 2.45) is 0 Å². The van der Waals surface area contributed by atoms with Gasteiger partial charge in [-0.05, 0) is 37.1 Å². The molecule has 2 aromatic carbocycles. The highest BCUT2D eigenvalue weighted by molar-refractivity contribution is 5.63. The lowest BCUT2D eigenvalue weighted by Gasteiger charge is -2.27. The standard InChI is InChI=1S/C21H24N6O/c1-15-7-3-5-9-17(15)22-19-24-20(23-18-10-6-4-8-16(18)2)26-21(25-19)27-11-13-28-14-12-27/h3-10H,11-14H2,1-2H3,(H2,22,23,24,25,26). The Balaban J connectivity index is 1.68. The summed E-state index contributed by atoms with van der Waals surface area (Å²) in [5, 5.41) is 6.66. The minimum Gasteiger partial charge on any atom is -0.378 e. The molecule has 144 valence electrons. The summed E-state index contributed by atoms with van der Waals surface area (Å²) in [6.45, 7) is 6.98. The van der Waals surface area contributed by atoms with Crippen LogP contribution in [0.5, 0.6) is 0 Å². The van der Waals surface area contributed by atoms with Crippen molar-refractivity contribution in [1.82, 2.24) is 15.0 Å². The van der Waals surface area contributed by atoms with E-state index in [4.69, 9.17) is 4.74 Å². The van der Waals surface area contributed by atoms with E-state index >= 15 is 0 Å². The first-order valence-corrected chi connectivity index (χ1v) is 9.43. The van der Waals surface area contributed by atoms with Crippen LogP contribution in [0, 0.1) is 13.8 Å². The fraction of sp³-hybridized carbons (Fsp3) is 0.286. The Kier molecular flexibility index (Phi) is 5.34. The Labute approximate surface area is 164 Å². The molecule has 28 heavy (non-hydrogen) atoms. The predicted octanol–water partition coefficient (Wildman–Crippen LogP) is 3.81. The normalized spacial score (nSPS) is 14.0. The van der Waals surface area contributed by atoms with Crippen LogP contribution in [0.2, 0.25) is 0 Å². The number of aromatic nitrogens is 3. The largest absolute Gasteiger partial charge is 0.378 e. The summed E-state index contributed by atoms with van der Waals surface area (Å²) in [5.41, 5.74) is 4.21. The molecule has 1 fully saturated rings. The number of hydrogen-bond donors (Lipinski definition) is 2. The number of anilines is 5. The highest BCUT2D eigenvalue weighted by atomic mass is 16.5. The number of hydrogen-bond acceptors (Lipinski definition) is 7. The van der Waals surface area contributed by atoms with Crippen molar-refractivity contribution in [1.29, 1.82) is 0 Å². The van der Waals surface area contributed by atoms with Crippen molar-refractivity contribution in [2.45, 2.75) is 13.8 Å². The Bertz CT molecular complexity index is 889. The van der Waals surface area contributed by atoms with Crippen LogP contribution in [0.4, 0.5) is 29.2 Å². The van der Waals surface area contributed by atoms with Crippen molar-refractivity contribution in [3.8, 4) is 0 Å². The summed E-state index contributed by atoms with van der Waals surface area (Å²) in [6, 6.07) is 16.1. The summed E-state index contributed by atoms with van der Waals surface area (Å²) >= 11 is 0. The van der Waals surface area contributed by atoms with Crippen LogP contribution < -0.4 is 15.5 Å². The number of rotatable bonds is 5. The number of para-hydroxylation sites is 2. The molecule has 1 aromatic heterocycles. The van der Waals surface area contributed by atoms with E-state index in [9.17, 15) is 0 Å². The summed E-state index contributed by atoms with van der Waals surface area (Å²) < 4.78 is 5.46. The van der Waals surface area contributed by atoms with Gasteiger partial charge in [-0.15, -0.1) is 0 Å². The Morgan fingerprint density at radius 2 is 1.25 bits per heavy atom. The van der Waals surface area contributed by atoms with E-state index in [2.05, 4.69) is 56.5 Å². The van der Waals surface area contributed by atoms with Crippen molar-refractivity contribution in [3.63, 3.8) is 0 Å². The van der Waals surface area contributed by atoms with E-state index in [1.54, 1.807) is 0 Å². The maximum absolute atomic E-state index is 5.46. The van der Waals surface area contributed by atoms with Gasteiger partial charge in [-0.1, -0.05) is 36.4 Å². The van der Waals surface area contributed by atoms with Crippen LogP contribution in [0.1, 0.15) is 11.1 Å². The minimum atomic E-state index is 0.516. The van der Waals surface area contributed by atoms with E-state index in [-0.39, 0.29) is 0 Å². The number of ether oxygens (including phenoxy) is 1. The first-order valence-electron chi connectivity index (χ1n) is 9.43. The summed E-state index contributed by atoms with van der Waals surface area (Å²) in [6.07, 6.45) is 0. The van der Waals surface area contributed by atoms with Gasteiger partial charge in [-0.2, -0.15) is 15.0 Å². The number of nitrogens with zero attached hydrogens (tertiary/aromatic N) is 4. The second-order valence-electron chi connectivity index (χ2n) is 6.76. The summed E-state index contributed by atoms with van der Waals surface area (Å²) in [4.78, 5) is 16.0. The molecule has 2 N–H and O–H groups in total. The van der Waals surface area contributed by atoms with Crippen LogP contribution in [-0.4, -0.2) is 41.3 Å². The zero-order valence-electron chi connectivity index (χ0n) is 16.1.